The summed E-state index contributed by atoms with van der Waals surface area (Å²) < 4.78 is 1.14. The zero-order valence-electron chi connectivity index (χ0n) is 9.54. The summed E-state index contributed by atoms with van der Waals surface area (Å²) >= 11 is 0. The van der Waals surface area contributed by atoms with Crippen molar-refractivity contribution in [2.45, 2.75) is 19.4 Å². The van der Waals surface area contributed by atoms with Crippen LogP contribution in [0.25, 0.3) is 10.9 Å². The van der Waals surface area contributed by atoms with Crippen LogP contribution in [0.1, 0.15) is 13.8 Å². The Balaban J connectivity index is 2.78. The van der Waals surface area contributed by atoms with Crippen molar-refractivity contribution in [1.29, 1.82) is 0 Å². The summed E-state index contributed by atoms with van der Waals surface area (Å²) in [6, 6.07) is 6.86. The molecule has 0 amide bonds. The molecule has 5 nitrogen and oxygen atoms in total. The number of benzene rings is 1. The summed E-state index contributed by atoms with van der Waals surface area (Å²) in [5.74, 6) is -1.07. The maximum absolute atomic E-state index is 12.1. The normalized spacial score (nSPS) is 11.6. The van der Waals surface area contributed by atoms with Crippen LogP contribution in [0.15, 0.2) is 35.4 Å². The minimum absolute atomic E-state index is 0.344. The van der Waals surface area contributed by atoms with E-state index >= 15 is 0 Å². The van der Waals surface area contributed by atoms with Crippen molar-refractivity contribution < 1.29 is 9.90 Å². The van der Waals surface area contributed by atoms with Gasteiger partial charge in [-0.1, -0.05) is 12.1 Å². The maximum Gasteiger partial charge on any atom is 0.329 e. The minimum atomic E-state index is -1.31. The van der Waals surface area contributed by atoms with E-state index in [0.29, 0.717) is 10.9 Å². The molecule has 1 aromatic carbocycles. The van der Waals surface area contributed by atoms with Crippen LogP contribution in [-0.2, 0) is 10.3 Å². The molecule has 0 radical (unpaired) electrons. The highest BCUT2D eigenvalue weighted by Gasteiger charge is 2.30. The molecule has 0 aliphatic rings. The van der Waals surface area contributed by atoms with Crippen molar-refractivity contribution in [3.63, 3.8) is 0 Å². The summed E-state index contributed by atoms with van der Waals surface area (Å²) in [5, 5.41) is 9.52. The molecule has 2 aromatic rings. The Morgan fingerprint density at radius 3 is 2.65 bits per heavy atom. The monoisotopic (exact) mass is 232 g/mol. The van der Waals surface area contributed by atoms with Crippen molar-refractivity contribution in [3.8, 4) is 0 Å². The quantitative estimate of drug-likeness (QED) is 0.844. The summed E-state index contributed by atoms with van der Waals surface area (Å²) in [6.07, 6.45) is 1.28. The number of aliphatic carboxylic acids is 1. The van der Waals surface area contributed by atoms with E-state index < -0.39 is 11.5 Å². The third-order valence-electron chi connectivity index (χ3n) is 2.79. The first kappa shape index (κ1) is 11.3. The maximum atomic E-state index is 12.1. The van der Waals surface area contributed by atoms with Gasteiger partial charge in [0.1, 0.15) is 5.54 Å². The van der Waals surface area contributed by atoms with Gasteiger partial charge in [-0.3, -0.25) is 9.36 Å². The van der Waals surface area contributed by atoms with Crippen LogP contribution < -0.4 is 5.56 Å². The third kappa shape index (κ3) is 1.69. The van der Waals surface area contributed by atoms with E-state index in [-0.39, 0.29) is 5.56 Å². The second-order valence-corrected chi connectivity index (χ2v) is 4.30. The molecule has 17 heavy (non-hydrogen) atoms. The standard InChI is InChI=1S/C12H12N2O3/c1-12(2,11(16)17)14-7-13-9-6-4-3-5-8(9)10(14)15/h3-7H,1-2H3,(H,16,17). The lowest BCUT2D eigenvalue weighted by Crippen LogP contribution is -2.42. The lowest BCUT2D eigenvalue weighted by atomic mass is 10.1. The summed E-state index contributed by atoms with van der Waals surface area (Å²) in [7, 11) is 0. The first-order valence-corrected chi connectivity index (χ1v) is 5.15. The second kappa shape index (κ2) is 3.69. The fourth-order valence-corrected chi connectivity index (χ4v) is 1.57. The molecule has 0 aliphatic carbocycles. The van der Waals surface area contributed by atoms with Crippen molar-refractivity contribution >= 4 is 16.9 Å². The molecule has 0 aliphatic heterocycles. The van der Waals surface area contributed by atoms with E-state index in [1.54, 1.807) is 24.3 Å². The van der Waals surface area contributed by atoms with Crippen LogP contribution >= 0.6 is 0 Å². The van der Waals surface area contributed by atoms with Crippen LogP contribution in [-0.4, -0.2) is 20.6 Å². The van der Waals surface area contributed by atoms with Crippen molar-refractivity contribution in [3.05, 3.63) is 40.9 Å². The van der Waals surface area contributed by atoms with E-state index in [1.165, 1.54) is 20.2 Å². The molecule has 0 spiro atoms. The Kier molecular flexibility index (Phi) is 2.46. The van der Waals surface area contributed by atoms with E-state index in [4.69, 9.17) is 5.11 Å². The summed E-state index contributed by atoms with van der Waals surface area (Å²) in [5.41, 5.74) is -1.09. The van der Waals surface area contributed by atoms with Gasteiger partial charge >= 0.3 is 5.97 Å². The number of nitrogens with zero attached hydrogens (tertiary/aromatic N) is 2. The number of carboxylic acids is 1. The van der Waals surface area contributed by atoms with Gasteiger partial charge in [0.15, 0.2) is 0 Å². The predicted octanol–water partition coefficient (Wildman–Crippen LogP) is 1.22. The first-order valence-electron chi connectivity index (χ1n) is 5.15. The third-order valence-corrected chi connectivity index (χ3v) is 2.79. The van der Waals surface area contributed by atoms with Crippen LogP contribution in [0.5, 0.6) is 0 Å². The number of para-hydroxylation sites is 1. The van der Waals surface area contributed by atoms with Gasteiger partial charge in [0.2, 0.25) is 0 Å². The summed E-state index contributed by atoms with van der Waals surface area (Å²) in [4.78, 5) is 27.4. The molecule has 0 bridgehead atoms. The largest absolute Gasteiger partial charge is 0.480 e. The van der Waals surface area contributed by atoms with E-state index in [0.717, 1.165) is 4.57 Å². The average Bonchev–Trinajstić information content (AvgIpc) is 2.29. The first-order chi connectivity index (χ1) is 7.94. The zero-order valence-corrected chi connectivity index (χ0v) is 9.54. The van der Waals surface area contributed by atoms with Gasteiger partial charge in [0.05, 0.1) is 17.2 Å². The van der Waals surface area contributed by atoms with E-state index in [2.05, 4.69) is 4.98 Å². The number of hydrogen-bond donors (Lipinski definition) is 1. The number of aromatic nitrogens is 2. The molecule has 88 valence electrons. The molecule has 1 heterocycles. The minimum Gasteiger partial charge on any atom is -0.480 e. The van der Waals surface area contributed by atoms with Gasteiger partial charge in [0.25, 0.3) is 5.56 Å². The van der Waals surface area contributed by atoms with Crippen LogP contribution in [0.2, 0.25) is 0 Å². The molecule has 1 N–H and O–H groups in total. The number of fused-ring (bicyclic) bond motifs is 1. The molecule has 0 fully saturated rings. The molecule has 0 atom stereocenters. The number of rotatable bonds is 2. The average molecular weight is 232 g/mol. The van der Waals surface area contributed by atoms with Crippen molar-refractivity contribution in [1.82, 2.24) is 9.55 Å². The Labute approximate surface area is 97.3 Å². The van der Waals surface area contributed by atoms with Crippen molar-refractivity contribution in [2.75, 3.05) is 0 Å². The predicted molar refractivity (Wildman–Crippen MR) is 63.0 cm³/mol. The fraction of sp³-hybridized carbons (Fsp3) is 0.250. The molecule has 0 saturated heterocycles. The number of hydrogen-bond acceptors (Lipinski definition) is 3. The van der Waals surface area contributed by atoms with Gasteiger partial charge in [0, 0.05) is 0 Å². The molecule has 2 rings (SSSR count). The smallest absolute Gasteiger partial charge is 0.329 e. The van der Waals surface area contributed by atoms with E-state index in [1.807, 2.05) is 0 Å². The van der Waals surface area contributed by atoms with E-state index in [9.17, 15) is 9.59 Å². The Hall–Kier alpha value is -2.17. The molecule has 5 heteroatoms. The van der Waals surface area contributed by atoms with Crippen LogP contribution in [0.3, 0.4) is 0 Å². The highest BCUT2D eigenvalue weighted by Crippen LogP contribution is 2.14. The second-order valence-electron chi connectivity index (χ2n) is 4.30. The Morgan fingerprint density at radius 1 is 1.35 bits per heavy atom. The highest BCUT2D eigenvalue weighted by molar-refractivity contribution is 5.79. The SMILES string of the molecule is CC(C)(C(=O)O)n1cnc2ccccc2c1=O. The lowest BCUT2D eigenvalue weighted by Gasteiger charge is -2.22. The number of carboxylic acid groups (broad SMARTS) is 1. The topological polar surface area (TPSA) is 72.2 Å². The molecular weight excluding hydrogens is 220 g/mol. The van der Waals surface area contributed by atoms with Gasteiger partial charge < -0.3 is 5.11 Å². The van der Waals surface area contributed by atoms with Crippen LogP contribution in [0, 0.1) is 0 Å². The molecule has 0 saturated carbocycles. The lowest BCUT2D eigenvalue weighted by molar-refractivity contribution is -0.145. The van der Waals surface area contributed by atoms with Gasteiger partial charge in [-0.25, -0.2) is 9.78 Å². The molecular formula is C12H12N2O3. The molecule has 1 aromatic heterocycles. The van der Waals surface area contributed by atoms with Crippen molar-refractivity contribution in [2.24, 2.45) is 0 Å². The number of carbonyl (C=O) groups is 1. The zero-order chi connectivity index (χ0) is 12.6. The Morgan fingerprint density at radius 2 is 2.00 bits per heavy atom. The van der Waals surface area contributed by atoms with Gasteiger partial charge in [-0.05, 0) is 26.0 Å². The highest BCUT2D eigenvalue weighted by atomic mass is 16.4. The molecule has 0 unspecified atom stereocenters. The summed E-state index contributed by atoms with van der Waals surface area (Å²) in [6.45, 7) is 2.93. The fourth-order valence-electron chi connectivity index (χ4n) is 1.57. The Bertz CT molecular complexity index is 643. The van der Waals surface area contributed by atoms with Gasteiger partial charge in [-0.2, -0.15) is 0 Å². The van der Waals surface area contributed by atoms with Crippen LogP contribution in [0.4, 0.5) is 0 Å². The van der Waals surface area contributed by atoms with Gasteiger partial charge in [-0.15, -0.1) is 0 Å².